The number of rotatable bonds is 4. The molecule has 3 nitrogen and oxygen atoms in total. The van der Waals surface area contributed by atoms with Gasteiger partial charge in [-0.05, 0) is 42.3 Å². The lowest BCUT2D eigenvalue weighted by atomic mass is 10.1. The molecule has 2 rings (SSSR count). The average molecular weight is 275 g/mol. The van der Waals surface area contributed by atoms with E-state index in [0.29, 0.717) is 17.8 Å². The van der Waals surface area contributed by atoms with E-state index in [4.69, 9.17) is 18.0 Å². The highest BCUT2D eigenvalue weighted by Gasteiger charge is 2.05. The molecule has 0 bridgehead atoms. The van der Waals surface area contributed by atoms with Gasteiger partial charge >= 0.3 is 0 Å². The Balaban J connectivity index is 2.12. The van der Waals surface area contributed by atoms with Crippen molar-refractivity contribution in [3.63, 3.8) is 0 Å². The smallest absolute Gasteiger partial charge is 0.146 e. The fraction of sp³-hybridized carbons (Fsp3) is 0.143. The molecular weight excluding hydrogens is 261 g/mol. The van der Waals surface area contributed by atoms with Crippen LogP contribution in [-0.4, -0.2) is 9.97 Å². The van der Waals surface area contributed by atoms with Crippen LogP contribution in [0.4, 0.5) is 10.1 Å². The molecule has 0 amide bonds. The molecule has 0 saturated carbocycles. The normalized spacial score (nSPS) is 10.2. The Morgan fingerprint density at radius 3 is 2.84 bits per heavy atom. The van der Waals surface area contributed by atoms with Gasteiger partial charge in [0, 0.05) is 24.5 Å². The fourth-order valence-corrected chi connectivity index (χ4v) is 1.83. The predicted octanol–water partition coefficient (Wildman–Crippen LogP) is 2.78. The number of nitrogens with two attached hydrogens (primary N) is 1. The summed E-state index contributed by atoms with van der Waals surface area (Å²) in [4.78, 5) is 4.21. The van der Waals surface area contributed by atoms with Crippen LogP contribution in [0.25, 0.3) is 0 Å². The Morgan fingerprint density at radius 1 is 1.42 bits per heavy atom. The van der Waals surface area contributed by atoms with Gasteiger partial charge in [0.1, 0.15) is 10.8 Å². The third-order valence-corrected chi connectivity index (χ3v) is 3.10. The molecule has 0 unspecified atom stereocenters. The highest BCUT2D eigenvalue weighted by Crippen LogP contribution is 2.17. The van der Waals surface area contributed by atoms with Crippen molar-refractivity contribution in [2.24, 2.45) is 5.73 Å². The van der Waals surface area contributed by atoms with Gasteiger partial charge in [0.05, 0.1) is 5.69 Å². The van der Waals surface area contributed by atoms with E-state index in [1.54, 1.807) is 24.5 Å². The van der Waals surface area contributed by atoms with Crippen LogP contribution in [0.15, 0.2) is 36.7 Å². The Bertz CT molecular complexity index is 613. The summed E-state index contributed by atoms with van der Waals surface area (Å²) >= 11 is 4.81. The summed E-state index contributed by atoms with van der Waals surface area (Å²) in [6.45, 7) is 2.51. The Hall–Kier alpha value is -2.01. The maximum atomic E-state index is 13.8. The molecule has 1 aromatic heterocycles. The SMILES string of the molecule is Cc1cnccc1CNc1ccc(C(N)=S)cc1F. The number of hydrogen-bond donors (Lipinski definition) is 2. The number of benzene rings is 1. The average Bonchev–Trinajstić information content (AvgIpc) is 2.39. The molecule has 5 heteroatoms. The molecule has 0 atom stereocenters. The molecule has 0 aliphatic carbocycles. The third kappa shape index (κ3) is 3.26. The van der Waals surface area contributed by atoms with E-state index in [-0.39, 0.29) is 10.8 Å². The van der Waals surface area contributed by atoms with E-state index in [1.807, 2.05) is 13.0 Å². The van der Waals surface area contributed by atoms with E-state index in [0.717, 1.165) is 11.1 Å². The van der Waals surface area contributed by atoms with Crippen LogP contribution in [0.3, 0.4) is 0 Å². The number of pyridine rings is 1. The minimum absolute atomic E-state index is 0.190. The van der Waals surface area contributed by atoms with Gasteiger partial charge in [0.25, 0.3) is 0 Å². The molecule has 0 spiro atoms. The summed E-state index contributed by atoms with van der Waals surface area (Å²) in [5, 5.41) is 3.05. The molecule has 1 heterocycles. The number of nitrogens with one attached hydrogen (secondary N) is 1. The topological polar surface area (TPSA) is 50.9 Å². The largest absolute Gasteiger partial charge is 0.389 e. The molecule has 0 aliphatic rings. The highest BCUT2D eigenvalue weighted by atomic mass is 32.1. The summed E-state index contributed by atoms with van der Waals surface area (Å²) in [7, 11) is 0. The molecule has 1 aromatic carbocycles. The van der Waals surface area contributed by atoms with E-state index in [9.17, 15) is 4.39 Å². The van der Waals surface area contributed by atoms with Crippen molar-refractivity contribution >= 4 is 22.9 Å². The van der Waals surface area contributed by atoms with Gasteiger partial charge in [0.2, 0.25) is 0 Å². The number of aryl methyl sites for hydroxylation is 1. The zero-order valence-corrected chi connectivity index (χ0v) is 11.3. The second kappa shape index (κ2) is 5.75. The zero-order valence-electron chi connectivity index (χ0n) is 10.5. The first-order valence-electron chi connectivity index (χ1n) is 5.80. The highest BCUT2D eigenvalue weighted by molar-refractivity contribution is 7.80. The maximum Gasteiger partial charge on any atom is 0.146 e. The molecule has 0 radical (unpaired) electrons. The van der Waals surface area contributed by atoms with Crippen LogP contribution in [0.2, 0.25) is 0 Å². The van der Waals surface area contributed by atoms with Crippen LogP contribution in [0.5, 0.6) is 0 Å². The minimum atomic E-state index is -0.364. The first-order chi connectivity index (χ1) is 9.08. The van der Waals surface area contributed by atoms with Gasteiger partial charge in [-0.1, -0.05) is 12.2 Å². The van der Waals surface area contributed by atoms with E-state index in [1.165, 1.54) is 6.07 Å². The number of hydrogen-bond acceptors (Lipinski definition) is 3. The lowest BCUT2D eigenvalue weighted by Crippen LogP contribution is -2.10. The first kappa shape index (κ1) is 13.4. The first-order valence-corrected chi connectivity index (χ1v) is 6.21. The Labute approximate surface area is 116 Å². The van der Waals surface area contributed by atoms with Crippen molar-refractivity contribution in [2.75, 3.05) is 5.32 Å². The van der Waals surface area contributed by atoms with Crippen molar-refractivity contribution in [3.05, 3.63) is 59.2 Å². The molecule has 3 N–H and O–H groups in total. The van der Waals surface area contributed by atoms with Gasteiger partial charge in [-0.3, -0.25) is 4.98 Å². The van der Waals surface area contributed by atoms with Crippen LogP contribution in [0.1, 0.15) is 16.7 Å². The molecule has 2 aromatic rings. The number of thiocarbonyl (C=S) groups is 1. The lowest BCUT2D eigenvalue weighted by molar-refractivity contribution is 0.630. The predicted molar refractivity (Wildman–Crippen MR) is 78.6 cm³/mol. The molecule has 19 heavy (non-hydrogen) atoms. The van der Waals surface area contributed by atoms with Gasteiger partial charge in [-0.25, -0.2) is 4.39 Å². The maximum absolute atomic E-state index is 13.8. The third-order valence-electron chi connectivity index (χ3n) is 2.86. The van der Waals surface area contributed by atoms with Crippen molar-refractivity contribution in [3.8, 4) is 0 Å². The quantitative estimate of drug-likeness (QED) is 0.842. The van der Waals surface area contributed by atoms with E-state index < -0.39 is 0 Å². The monoisotopic (exact) mass is 275 g/mol. The zero-order chi connectivity index (χ0) is 13.8. The minimum Gasteiger partial charge on any atom is -0.389 e. The lowest BCUT2D eigenvalue weighted by Gasteiger charge is -2.10. The number of halogens is 1. The molecule has 0 aliphatic heterocycles. The van der Waals surface area contributed by atoms with Crippen LogP contribution in [-0.2, 0) is 6.54 Å². The Kier molecular flexibility index (Phi) is 4.06. The second-order valence-corrected chi connectivity index (χ2v) is 4.65. The number of anilines is 1. The van der Waals surface area contributed by atoms with Gasteiger partial charge in [-0.2, -0.15) is 0 Å². The van der Waals surface area contributed by atoms with Crippen molar-refractivity contribution < 1.29 is 4.39 Å². The standard InChI is InChI=1S/C14H14FN3S/c1-9-7-17-5-4-11(9)8-18-13-3-2-10(14(16)19)6-12(13)15/h2-7,18H,8H2,1H3,(H2,16,19). The van der Waals surface area contributed by atoms with Crippen LogP contribution in [0, 0.1) is 12.7 Å². The summed E-state index contributed by atoms with van der Waals surface area (Å²) in [5.74, 6) is -0.364. The molecular formula is C14H14FN3S. The van der Waals surface area contributed by atoms with Crippen LogP contribution >= 0.6 is 12.2 Å². The van der Waals surface area contributed by atoms with Crippen molar-refractivity contribution in [1.82, 2.24) is 4.98 Å². The van der Waals surface area contributed by atoms with Crippen LogP contribution < -0.4 is 11.1 Å². The summed E-state index contributed by atoms with van der Waals surface area (Å²) < 4.78 is 13.8. The van der Waals surface area contributed by atoms with Crippen molar-refractivity contribution in [2.45, 2.75) is 13.5 Å². The summed E-state index contributed by atoms with van der Waals surface area (Å²) in [6.07, 6.45) is 3.50. The summed E-state index contributed by atoms with van der Waals surface area (Å²) in [6, 6.07) is 6.58. The van der Waals surface area contributed by atoms with Gasteiger partial charge in [0.15, 0.2) is 0 Å². The number of aromatic nitrogens is 1. The van der Waals surface area contributed by atoms with Crippen molar-refractivity contribution in [1.29, 1.82) is 0 Å². The van der Waals surface area contributed by atoms with Gasteiger partial charge in [-0.15, -0.1) is 0 Å². The fourth-order valence-electron chi connectivity index (χ4n) is 1.70. The number of nitrogens with zero attached hydrogens (tertiary/aromatic N) is 1. The summed E-state index contributed by atoms with van der Waals surface area (Å²) in [5.41, 5.74) is 8.55. The molecule has 0 fully saturated rings. The van der Waals surface area contributed by atoms with Gasteiger partial charge < -0.3 is 11.1 Å². The van der Waals surface area contributed by atoms with E-state index >= 15 is 0 Å². The molecule has 98 valence electrons. The second-order valence-electron chi connectivity index (χ2n) is 4.21. The molecule has 0 saturated heterocycles. The Morgan fingerprint density at radius 2 is 2.21 bits per heavy atom. The van der Waals surface area contributed by atoms with E-state index in [2.05, 4.69) is 10.3 Å².